The Labute approximate surface area is 50.7 Å². The van der Waals surface area contributed by atoms with Crippen molar-refractivity contribution in [3.63, 3.8) is 0 Å². The van der Waals surface area contributed by atoms with Gasteiger partial charge in [-0.2, -0.15) is 0 Å². The molecule has 0 amide bonds. The van der Waals surface area contributed by atoms with Crippen LogP contribution in [0.2, 0.25) is 0 Å². The van der Waals surface area contributed by atoms with E-state index in [9.17, 15) is 0 Å². The van der Waals surface area contributed by atoms with Crippen LogP contribution in [0.3, 0.4) is 0 Å². The van der Waals surface area contributed by atoms with Gasteiger partial charge < -0.3 is 10.6 Å². The predicted molar refractivity (Wildman–Crippen MR) is 35.2 cm³/mol. The zero-order chi connectivity index (χ0) is 5.98. The molecular weight excluding hydrogens is 100 g/mol. The van der Waals surface area contributed by atoms with Gasteiger partial charge in [0.25, 0.3) is 0 Å². The molecule has 2 nitrogen and oxygen atoms in total. The number of nitrogens with zero attached hydrogens (tertiary/aromatic N) is 1. The van der Waals surface area contributed by atoms with Crippen LogP contribution in [-0.2, 0) is 0 Å². The van der Waals surface area contributed by atoms with Gasteiger partial charge >= 0.3 is 0 Å². The monoisotopic (exact) mass is 113 g/mol. The van der Waals surface area contributed by atoms with Crippen LogP contribution >= 0.6 is 0 Å². The lowest BCUT2D eigenvalue weighted by atomic mass is 10.2. The molecule has 0 saturated carbocycles. The third-order valence-corrected chi connectivity index (χ3v) is 1.45. The number of nitrogens with one attached hydrogen (secondary N) is 1. The van der Waals surface area contributed by atoms with Gasteiger partial charge in [-0.25, -0.2) is 0 Å². The molecule has 48 valence electrons. The Kier molecular flexibility index (Phi) is 1.86. The van der Waals surface area contributed by atoms with Crippen molar-refractivity contribution in [1.29, 1.82) is 0 Å². The first-order valence-electron chi connectivity index (χ1n) is 3.19. The average molecular weight is 113 g/mol. The first-order chi connectivity index (χ1) is 3.79. The van der Waals surface area contributed by atoms with E-state index in [1.807, 2.05) is 0 Å². The molecular formula is C6H13N2-. The quantitative estimate of drug-likeness (QED) is 0.492. The highest BCUT2D eigenvalue weighted by molar-refractivity contribution is 4.97. The van der Waals surface area contributed by atoms with E-state index in [4.69, 9.17) is 0 Å². The van der Waals surface area contributed by atoms with Crippen LogP contribution in [0.15, 0.2) is 0 Å². The minimum absolute atomic E-state index is 0.534. The van der Waals surface area contributed by atoms with Crippen molar-refractivity contribution in [2.45, 2.75) is 25.9 Å². The smallest absolute Gasteiger partial charge is 0.0150 e. The van der Waals surface area contributed by atoms with Crippen molar-refractivity contribution in [2.75, 3.05) is 13.1 Å². The largest absolute Gasteiger partial charge is 0.657 e. The second kappa shape index (κ2) is 2.46. The molecule has 1 aliphatic rings. The molecule has 8 heavy (non-hydrogen) atoms. The van der Waals surface area contributed by atoms with Gasteiger partial charge in [0.1, 0.15) is 0 Å². The fourth-order valence-corrected chi connectivity index (χ4v) is 0.839. The zero-order valence-electron chi connectivity index (χ0n) is 5.52. The summed E-state index contributed by atoms with van der Waals surface area (Å²) in [5.74, 6) is 0. The van der Waals surface area contributed by atoms with Crippen molar-refractivity contribution in [1.82, 2.24) is 5.32 Å². The van der Waals surface area contributed by atoms with E-state index < -0.39 is 0 Å². The van der Waals surface area contributed by atoms with Gasteiger partial charge in [0, 0.05) is 0 Å². The SMILES string of the molecule is C[C@@H]1C[N-][C@@H](C)CN1. The molecule has 1 saturated heterocycles. The van der Waals surface area contributed by atoms with Crippen LogP contribution < -0.4 is 5.32 Å². The molecule has 2 heteroatoms. The summed E-state index contributed by atoms with van der Waals surface area (Å²) in [6.45, 7) is 6.34. The minimum atomic E-state index is 0.534. The van der Waals surface area contributed by atoms with E-state index in [0.717, 1.165) is 13.1 Å². The van der Waals surface area contributed by atoms with Gasteiger partial charge in [0.2, 0.25) is 0 Å². The van der Waals surface area contributed by atoms with Crippen LogP contribution in [0, 0.1) is 0 Å². The highest BCUT2D eigenvalue weighted by Crippen LogP contribution is 2.04. The molecule has 1 heterocycles. The van der Waals surface area contributed by atoms with Crippen molar-refractivity contribution in [3.05, 3.63) is 5.32 Å². The van der Waals surface area contributed by atoms with Gasteiger partial charge in [0.05, 0.1) is 0 Å². The molecule has 2 atom stereocenters. The third-order valence-electron chi connectivity index (χ3n) is 1.45. The van der Waals surface area contributed by atoms with E-state index in [0.29, 0.717) is 12.1 Å². The van der Waals surface area contributed by atoms with E-state index in [1.165, 1.54) is 0 Å². The van der Waals surface area contributed by atoms with Crippen LogP contribution in [0.1, 0.15) is 13.8 Å². The maximum atomic E-state index is 4.35. The number of rotatable bonds is 0. The fourth-order valence-electron chi connectivity index (χ4n) is 0.839. The summed E-state index contributed by atoms with van der Waals surface area (Å²) in [7, 11) is 0. The summed E-state index contributed by atoms with van der Waals surface area (Å²) in [6.07, 6.45) is 0. The molecule has 1 N–H and O–H groups in total. The van der Waals surface area contributed by atoms with Crippen molar-refractivity contribution in [3.8, 4) is 0 Å². The molecule has 1 aliphatic heterocycles. The topological polar surface area (TPSA) is 26.1 Å². The molecule has 0 radical (unpaired) electrons. The normalized spacial score (nSPS) is 39.8. The van der Waals surface area contributed by atoms with Crippen molar-refractivity contribution >= 4 is 0 Å². The molecule has 0 aromatic heterocycles. The summed E-state index contributed by atoms with van der Waals surface area (Å²) in [6, 6.07) is 1.14. The van der Waals surface area contributed by atoms with E-state index in [1.54, 1.807) is 0 Å². The van der Waals surface area contributed by atoms with Gasteiger partial charge in [-0.05, 0) is 12.6 Å². The molecule has 0 unspecified atom stereocenters. The Balaban J connectivity index is 2.19. The molecule has 0 aromatic rings. The highest BCUT2D eigenvalue weighted by Gasteiger charge is 2.01. The molecule has 0 bridgehead atoms. The summed E-state index contributed by atoms with van der Waals surface area (Å²) < 4.78 is 0. The Hall–Kier alpha value is -0.0800. The lowest BCUT2D eigenvalue weighted by Gasteiger charge is -2.38. The molecule has 0 aromatic carbocycles. The van der Waals surface area contributed by atoms with Crippen LogP contribution in [0.25, 0.3) is 5.32 Å². The Bertz CT molecular complexity index is 54.9. The van der Waals surface area contributed by atoms with Crippen LogP contribution in [0.5, 0.6) is 0 Å². The number of hydrogen-bond acceptors (Lipinski definition) is 1. The second-order valence-corrected chi connectivity index (χ2v) is 2.52. The van der Waals surface area contributed by atoms with Gasteiger partial charge in [-0.3, -0.25) is 0 Å². The fraction of sp³-hybridized carbons (Fsp3) is 1.00. The summed E-state index contributed by atoms with van der Waals surface area (Å²) in [5.41, 5.74) is 0. The molecule has 0 spiro atoms. The zero-order valence-corrected chi connectivity index (χ0v) is 5.52. The molecule has 0 aliphatic carbocycles. The first-order valence-corrected chi connectivity index (χ1v) is 3.19. The number of hydrogen-bond donors (Lipinski definition) is 1. The Morgan fingerprint density at radius 1 is 1.50 bits per heavy atom. The van der Waals surface area contributed by atoms with Gasteiger partial charge in [0.15, 0.2) is 0 Å². The summed E-state index contributed by atoms with van der Waals surface area (Å²) >= 11 is 0. The maximum absolute atomic E-state index is 4.35. The third kappa shape index (κ3) is 1.46. The Morgan fingerprint density at radius 3 is 2.62 bits per heavy atom. The van der Waals surface area contributed by atoms with E-state index >= 15 is 0 Å². The lowest BCUT2D eigenvalue weighted by molar-refractivity contribution is 0.496. The predicted octanol–water partition coefficient (Wildman–Crippen LogP) is 0.740. The Morgan fingerprint density at radius 2 is 2.25 bits per heavy atom. The minimum Gasteiger partial charge on any atom is -0.657 e. The summed E-state index contributed by atoms with van der Waals surface area (Å²) in [4.78, 5) is 0. The van der Waals surface area contributed by atoms with E-state index in [2.05, 4.69) is 24.5 Å². The standard InChI is InChI=1S/C6H13N2/c1-5-3-8-6(2)4-7-5/h5-7H,3-4H2,1-2H3/q-1/t5-,6+/m1/s1. The summed E-state index contributed by atoms with van der Waals surface area (Å²) in [5, 5.41) is 7.69. The highest BCUT2D eigenvalue weighted by atomic mass is 15.1. The second-order valence-electron chi connectivity index (χ2n) is 2.52. The van der Waals surface area contributed by atoms with Gasteiger partial charge in [-0.15, -0.1) is 12.6 Å². The molecule has 1 fully saturated rings. The lowest BCUT2D eigenvalue weighted by Crippen LogP contribution is -2.40. The average Bonchev–Trinajstić information content (AvgIpc) is 1.77. The van der Waals surface area contributed by atoms with E-state index in [-0.39, 0.29) is 0 Å². The molecule has 1 rings (SSSR count). The van der Waals surface area contributed by atoms with Crippen molar-refractivity contribution in [2.24, 2.45) is 0 Å². The van der Waals surface area contributed by atoms with Gasteiger partial charge in [-0.1, -0.05) is 13.8 Å². The number of piperazine rings is 1. The maximum Gasteiger partial charge on any atom is -0.0150 e. The van der Waals surface area contributed by atoms with Crippen molar-refractivity contribution < 1.29 is 0 Å². The van der Waals surface area contributed by atoms with Crippen LogP contribution in [-0.4, -0.2) is 25.2 Å². The van der Waals surface area contributed by atoms with Crippen LogP contribution in [0.4, 0.5) is 0 Å². The first kappa shape index (κ1) is 6.05.